The molecule has 0 bridgehead atoms. The Morgan fingerprint density at radius 2 is 1.29 bits per heavy atom. The second-order valence-electron chi connectivity index (χ2n) is 9.58. The van der Waals surface area contributed by atoms with Crippen molar-refractivity contribution in [2.24, 2.45) is 0 Å². The van der Waals surface area contributed by atoms with Gasteiger partial charge in [-0.15, -0.1) is 0 Å². The van der Waals surface area contributed by atoms with E-state index in [9.17, 15) is 10.5 Å². The highest BCUT2D eigenvalue weighted by atomic mass is 14.7. The minimum Gasteiger partial charge on any atom is -0.398 e. The first kappa shape index (κ1) is 24.9. The Morgan fingerprint density at radius 3 is 1.98 bits per heavy atom. The number of allylic oxidation sites excluding steroid dienone is 1. The van der Waals surface area contributed by atoms with Crippen molar-refractivity contribution in [3.05, 3.63) is 113 Å². The maximum atomic E-state index is 9.68. The fraction of sp³-hybridized carbons (Fsp3) is 0. The van der Waals surface area contributed by atoms with Gasteiger partial charge in [0.1, 0.15) is 0 Å². The van der Waals surface area contributed by atoms with Crippen LogP contribution in [-0.2, 0) is 0 Å². The van der Waals surface area contributed by atoms with Crippen LogP contribution < -0.4 is 5.73 Å². The molecular weight excluding hydrogens is 506 g/mol. The molecule has 0 saturated carbocycles. The molecule has 7 heteroatoms. The molecule has 4 aromatic carbocycles. The summed E-state index contributed by atoms with van der Waals surface area (Å²) in [6.07, 6.45) is 3.43. The van der Waals surface area contributed by atoms with E-state index in [1.54, 1.807) is 24.3 Å². The molecular formula is C34H19N7. The molecule has 0 unspecified atom stereocenters. The molecule has 0 saturated heterocycles. The summed E-state index contributed by atoms with van der Waals surface area (Å²) < 4.78 is 0. The van der Waals surface area contributed by atoms with Gasteiger partial charge in [0.15, 0.2) is 0 Å². The second-order valence-corrected chi connectivity index (χ2v) is 9.58. The van der Waals surface area contributed by atoms with Crippen LogP contribution in [0.2, 0.25) is 0 Å². The van der Waals surface area contributed by atoms with E-state index < -0.39 is 0 Å². The number of rotatable bonds is 3. The quantitative estimate of drug-likeness (QED) is 0.219. The predicted molar refractivity (Wildman–Crippen MR) is 160 cm³/mol. The molecule has 0 fully saturated rings. The summed E-state index contributed by atoms with van der Waals surface area (Å²) in [4.78, 5) is 5.03. The number of aromatic nitrogens is 1. The van der Waals surface area contributed by atoms with E-state index in [-0.39, 0.29) is 11.4 Å². The third-order valence-corrected chi connectivity index (χ3v) is 7.17. The van der Waals surface area contributed by atoms with Crippen molar-refractivity contribution < 1.29 is 0 Å². The van der Waals surface area contributed by atoms with Crippen molar-refractivity contribution >= 4 is 34.1 Å². The Kier molecular flexibility index (Phi) is 5.93. The van der Waals surface area contributed by atoms with Crippen LogP contribution in [0.1, 0.15) is 27.8 Å². The number of nitrogens with zero attached hydrogens (tertiary/aromatic N) is 4. The molecule has 0 aliphatic heterocycles. The monoisotopic (exact) mass is 525 g/mol. The number of nitrogen functional groups attached to an aromatic ring is 1. The molecule has 6 rings (SSSR count). The zero-order valence-electron chi connectivity index (χ0n) is 21.5. The molecule has 7 nitrogen and oxygen atoms in total. The summed E-state index contributed by atoms with van der Waals surface area (Å²) in [6.45, 7) is 0. The lowest BCUT2D eigenvalue weighted by atomic mass is 9.87. The van der Waals surface area contributed by atoms with Crippen LogP contribution in [0.4, 0.5) is 5.69 Å². The Morgan fingerprint density at radius 1 is 0.634 bits per heavy atom. The van der Waals surface area contributed by atoms with E-state index >= 15 is 0 Å². The Balaban J connectivity index is 1.52. The molecule has 41 heavy (non-hydrogen) atoms. The van der Waals surface area contributed by atoms with Gasteiger partial charge in [0.05, 0.1) is 57.5 Å². The molecule has 0 spiro atoms. The Bertz CT molecular complexity index is 2100. The first-order chi connectivity index (χ1) is 19.9. The standard InChI is InChI=1S/C34H19N7/c35-16-19-1-3-21(4-2-19)24-9-10-26-30(15-24)41-34(27-11-12-28(38)33(40)32(26)27)23-7-5-22(6-8-23)31-25(18-37)13-20(17-36)14-29(31)39/h1-15,38,40H,39H2. The molecule has 0 radical (unpaired) electrons. The van der Waals surface area contributed by atoms with Gasteiger partial charge in [-0.2, -0.15) is 15.8 Å². The number of benzene rings is 4. The number of anilines is 1. The van der Waals surface area contributed by atoms with Crippen molar-refractivity contribution in [3.63, 3.8) is 0 Å². The third-order valence-electron chi connectivity index (χ3n) is 7.17. The number of nitrogens with one attached hydrogen (secondary N) is 2. The summed E-state index contributed by atoms with van der Waals surface area (Å²) in [5, 5.41) is 45.9. The maximum Gasteiger partial charge on any atom is 0.0999 e. The Hall–Kier alpha value is -6.36. The molecule has 0 atom stereocenters. The summed E-state index contributed by atoms with van der Waals surface area (Å²) in [7, 11) is 0. The van der Waals surface area contributed by atoms with E-state index in [0.29, 0.717) is 44.7 Å². The van der Waals surface area contributed by atoms with E-state index in [2.05, 4.69) is 12.1 Å². The lowest BCUT2D eigenvalue weighted by Crippen LogP contribution is -2.17. The van der Waals surface area contributed by atoms with Crippen molar-refractivity contribution in [1.29, 1.82) is 26.6 Å². The smallest absolute Gasteiger partial charge is 0.0999 e. The van der Waals surface area contributed by atoms with Crippen molar-refractivity contribution in [2.75, 3.05) is 5.73 Å². The lowest BCUT2D eigenvalue weighted by Gasteiger charge is -2.19. The average Bonchev–Trinajstić information content (AvgIpc) is 3.01. The highest BCUT2D eigenvalue weighted by Crippen LogP contribution is 2.37. The molecule has 1 aromatic heterocycles. The normalized spacial score (nSPS) is 11.9. The first-order valence-electron chi connectivity index (χ1n) is 12.6. The van der Waals surface area contributed by atoms with Crippen LogP contribution in [0.3, 0.4) is 0 Å². The number of nitrogens with two attached hydrogens (primary N) is 1. The number of fused-ring (bicyclic) bond motifs is 3. The molecule has 1 aliphatic carbocycles. The zero-order valence-corrected chi connectivity index (χ0v) is 21.5. The summed E-state index contributed by atoms with van der Waals surface area (Å²) in [5.74, 6) is 0. The second kappa shape index (κ2) is 9.75. The molecule has 4 N–H and O–H groups in total. The average molecular weight is 526 g/mol. The van der Waals surface area contributed by atoms with Crippen LogP contribution >= 0.6 is 0 Å². The minimum absolute atomic E-state index is 0.128. The van der Waals surface area contributed by atoms with Gasteiger partial charge in [-0.05, 0) is 59.2 Å². The van der Waals surface area contributed by atoms with E-state index in [4.69, 9.17) is 26.8 Å². The van der Waals surface area contributed by atoms with Crippen molar-refractivity contribution in [2.45, 2.75) is 0 Å². The summed E-state index contributed by atoms with van der Waals surface area (Å²) in [5.41, 5.74) is 14.8. The number of hydrogen-bond donors (Lipinski definition) is 3. The zero-order chi connectivity index (χ0) is 28.7. The van der Waals surface area contributed by atoms with Gasteiger partial charge >= 0.3 is 0 Å². The molecule has 190 valence electrons. The van der Waals surface area contributed by atoms with Gasteiger partial charge in [0.25, 0.3) is 0 Å². The number of nitriles is 3. The predicted octanol–water partition coefficient (Wildman–Crippen LogP) is 6.85. The lowest BCUT2D eigenvalue weighted by molar-refractivity contribution is 1.36. The van der Waals surface area contributed by atoms with Crippen molar-refractivity contribution in [3.8, 4) is 51.7 Å². The molecule has 1 aliphatic rings. The van der Waals surface area contributed by atoms with Crippen LogP contribution in [0.25, 0.3) is 50.5 Å². The SMILES string of the molecule is N#Cc1ccc(-c2ccc3c4c(c(-c5ccc(-c6c(N)cc(C#N)cc6C#N)cc5)nc3c2)C=CC(=N)C4=N)cc1. The van der Waals surface area contributed by atoms with Gasteiger partial charge in [0, 0.05) is 33.3 Å². The van der Waals surface area contributed by atoms with Crippen molar-refractivity contribution in [1.82, 2.24) is 4.98 Å². The molecule has 5 aromatic rings. The van der Waals surface area contributed by atoms with Gasteiger partial charge in [-0.25, -0.2) is 4.98 Å². The van der Waals surface area contributed by atoms with Gasteiger partial charge in [0.2, 0.25) is 0 Å². The van der Waals surface area contributed by atoms with Gasteiger partial charge in [-0.3, -0.25) is 10.8 Å². The van der Waals surface area contributed by atoms with Crippen LogP contribution in [0.5, 0.6) is 0 Å². The topological polar surface area (TPSA) is 158 Å². The summed E-state index contributed by atoms with van der Waals surface area (Å²) >= 11 is 0. The van der Waals surface area contributed by atoms with Crippen LogP contribution in [0.15, 0.2) is 84.9 Å². The van der Waals surface area contributed by atoms with E-state index in [0.717, 1.165) is 33.2 Å². The fourth-order valence-electron chi connectivity index (χ4n) is 5.17. The van der Waals surface area contributed by atoms with E-state index in [1.165, 1.54) is 6.07 Å². The fourth-order valence-corrected chi connectivity index (χ4v) is 5.17. The minimum atomic E-state index is 0.128. The highest BCUT2D eigenvalue weighted by molar-refractivity contribution is 6.54. The molecule has 0 amide bonds. The number of hydrogen-bond acceptors (Lipinski definition) is 7. The third kappa shape index (κ3) is 4.19. The summed E-state index contributed by atoms with van der Waals surface area (Å²) in [6, 6.07) is 30.1. The van der Waals surface area contributed by atoms with Gasteiger partial charge in [-0.1, -0.05) is 48.5 Å². The first-order valence-corrected chi connectivity index (χ1v) is 12.6. The van der Waals surface area contributed by atoms with Crippen LogP contribution in [-0.4, -0.2) is 16.4 Å². The van der Waals surface area contributed by atoms with Crippen LogP contribution in [0, 0.1) is 44.8 Å². The van der Waals surface area contributed by atoms with E-state index in [1.807, 2.05) is 66.7 Å². The molecule has 1 heterocycles. The van der Waals surface area contributed by atoms with Gasteiger partial charge < -0.3 is 5.73 Å². The maximum absolute atomic E-state index is 9.68. The number of pyridine rings is 1. The Labute approximate surface area is 235 Å². The highest BCUT2D eigenvalue weighted by Gasteiger charge is 2.23. The largest absolute Gasteiger partial charge is 0.398 e.